The maximum Gasteiger partial charge on any atom is 0.236 e. The number of halogens is 2. The van der Waals surface area contributed by atoms with Crippen molar-refractivity contribution in [2.75, 3.05) is 28.7 Å². The Labute approximate surface area is 561 Å². The van der Waals surface area contributed by atoms with Gasteiger partial charge in [-0.2, -0.15) is 4.98 Å². The summed E-state index contributed by atoms with van der Waals surface area (Å²) in [5, 5.41) is 31.5. The normalized spacial score (nSPS) is 14.5. The lowest BCUT2D eigenvalue weighted by Crippen LogP contribution is -2.50. The average Bonchev–Trinajstić information content (AvgIpc) is 0.759. The van der Waals surface area contributed by atoms with E-state index in [1.807, 2.05) is 167 Å². The van der Waals surface area contributed by atoms with Crippen LogP contribution in [0.2, 0.25) is 5.02 Å². The number of rotatable bonds is 10. The Balaban J connectivity index is 0.000000131. The predicted octanol–water partition coefficient (Wildman–Crippen LogP) is 19.2. The maximum absolute atomic E-state index is 13.2. The van der Waals surface area contributed by atoms with E-state index in [1.54, 1.807) is 59.1 Å². The number of carbonyl (C=O) groups is 1. The number of thiazole rings is 2. The number of morpholine rings is 1. The summed E-state index contributed by atoms with van der Waals surface area (Å²) in [7, 11) is 0. The number of ether oxygens (including phenoxy) is 2. The summed E-state index contributed by atoms with van der Waals surface area (Å²) in [5.41, 5.74) is 15.6. The first-order valence-electron chi connectivity index (χ1n) is 30.9. The summed E-state index contributed by atoms with van der Waals surface area (Å²) in [6.07, 6.45) is 5.31. The number of nitrogens with zero attached hydrogens (tertiary/aromatic N) is 6. The molecular formula is C77H74ClFN8O5S2. The molecule has 17 heteroatoms. The van der Waals surface area contributed by atoms with Gasteiger partial charge in [0.2, 0.25) is 11.7 Å². The first kappa shape index (κ1) is 67.1. The maximum atomic E-state index is 13.2. The summed E-state index contributed by atoms with van der Waals surface area (Å²) < 4.78 is 27.8. The highest BCUT2D eigenvalue weighted by Gasteiger charge is 2.47. The van der Waals surface area contributed by atoms with Crippen molar-refractivity contribution >= 4 is 90.4 Å². The minimum atomic E-state index is -1.57. The minimum absolute atomic E-state index is 0.110. The van der Waals surface area contributed by atoms with Crippen LogP contribution in [0, 0.1) is 40.4 Å². The monoisotopic (exact) mass is 1310 g/mol. The zero-order chi connectivity index (χ0) is 66.5. The van der Waals surface area contributed by atoms with Gasteiger partial charge in [-0.25, -0.2) is 19.4 Å². The van der Waals surface area contributed by atoms with Gasteiger partial charge in [-0.05, 0) is 191 Å². The number of aromatic nitrogens is 4. The molecule has 11 aromatic rings. The molecule has 1 saturated heterocycles. The fourth-order valence-electron chi connectivity index (χ4n) is 10.9. The van der Waals surface area contributed by atoms with Gasteiger partial charge < -0.3 is 39.8 Å². The molecule has 8 aromatic carbocycles. The number of anilines is 5. The van der Waals surface area contributed by atoms with E-state index in [1.165, 1.54) is 28.5 Å². The molecule has 0 amide bonds. The molecule has 94 heavy (non-hydrogen) atoms. The Morgan fingerprint density at radius 3 is 2.14 bits per heavy atom. The molecule has 2 aliphatic heterocycles. The molecule has 14 rings (SSSR count). The smallest absolute Gasteiger partial charge is 0.236 e. The van der Waals surface area contributed by atoms with Gasteiger partial charge in [-0.3, -0.25) is 4.79 Å². The number of phenolic OH excluding ortho intramolecular Hbond substituents is 1. The van der Waals surface area contributed by atoms with Crippen LogP contribution in [0.4, 0.5) is 38.9 Å². The van der Waals surface area contributed by atoms with Crippen molar-refractivity contribution in [3.05, 3.63) is 289 Å². The zero-order valence-corrected chi connectivity index (χ0v) is 56.1. The Hall–Kier alpha value is -9.81. The fourth-order valence-corrected chi connectivity index (χ4v) is 13.0. The van der Waals surface area contributed by atoms with Crippen molar-refractivity contribution in [3.63, 3.8) is 0 Å². The second-order valence-electron chi connectivity index (χ2n) is 22.6. The summed E-state index contributed by atoms with van der Waals surface area (Å²) in [4.78, 5) is 33.3. The topological polar surface area (TPSA) is 159 Å². The zero-order valence-electron chi connectivity index (χ0n) is 53.7. The molecule has 1 fully saturated rings. The van der Waals surface area contributed by atoms with Crippen LogP contribution in [0.3, 0.4) is 0 Å². The van der Waals surface area contributed by atoms with Crippen molar-refractivity contribution in [1.82, 2.24) is 19.5 Å². The number of nitrogens with one attached hydrogen (secondary N) is 2. The number of fused-ring (bicyclic) bond motifs is 5. The van der Waals surface area contributed by atoms with E-state index in [0.29, 0.717) is 53.2 Å². The molecule has 13 nitrogen and oxygen atoms in total. The second-order valence-corrected chi connectivity index (χ2v) is 25.1. The quantitative estimate of drug-likeness (QED) is 0.103. The van der Waals surface area contributed by atoms with E-state index < -0.39 is 5.79 Å². The van der Waals surface area contributed by atoms with Gasteiger partial charge in [0.25, 0.3) is 0 Å². The number of carbonyl (C=O) groups excluding carboxylic acids is 1. The highest BCUT2D eigenvalue weighted by atomic mass is 35.5. The van der Waals surface area contributed by atoms with Crippen LogP contribution < -0.4 is 25.1 Å². The molecule has 0 saturated carbocycles. The van der Waals surface area contributed by atoms with Crippen LogP contribution >= 0.6 is 34.3 Å². The van der Waals surface area contributed by atoms with Crippen LogP contribution in [0.1, 0.15) is 81.6 Å². The van der Waals surface area contributed by atoms with E-state index in [2.05, 4.69) is 81.1 Å². The Bertz CT molecular complexity index is 4570. The average molecular weight is 1310 g/mol. The fraction of sp³-hybridized carbons (Fsp3) is 0.182. The number of aromatic hydroxyl groups is 1. The third-order valence-electron chi connectivity index (χ3n) is 15.4. The Kier molecular flexibility index (Phi) is 21.9. The van der Waals surface area contributed by atoms with E-state index in [-0.39, 0.29) is 11.6 Å². The highest BCUT2D eigenvalue weighted by molar-refractivity contribution is 7.18. The van der Waals surface area contributed by atoms with Crippen molar-refractivity contribution < 1.29 is 28.9 Å². The summed E-state index contributed by atoms with van der Waals surface area (Å²) in [6.45, 7) is 21.8. The van der Waals surface area contributed by atoms with E-state index in [9.17, 15) is 19.4 Å². The number of aryl methyl sites for hydroxylation is 6. The molecule has 0 bridgehead atoms. The largest absolute Gasteiger partial charge is 0.507 e. The van der Waals surface area contributed by atoms with Crippen LogP contribution in [-0.4, -0.2) is 48.7 Å². The molecule has 0 radical (unpaired) electrons. The summed E-state index contributed by atoms with van der Waals surface area (Å²) in [5.74, 6) is 1.08. The van der Waals surface area contributed by atoms with Crippen molar-refractivity contribution in [1.29, 1.82) is 0 Å². The third-order valence-corrected chi connectivity index (χ3v) is 17.6. The van der Waals surface area contributed by atoms with Crippen LogP contribution in [0.15, 0.2) is 229 Å². The van der Waals surface area contributed by atoms with Crippen molar-refractivity contribution in [2.45, 2.75) is 80.6 Å². The molecule has 1 aliphatic carbocycles. The number of hydrogen-bond acceptors (Lipinski definition) is 14. The lowest BCUT2D eigenvalue weighted by molar-refractivity contribution is -0.194. The van der Waals surface area contributed by atoms with Crippen molar-refractivity contribution in [2.24, 2.45) is 4.99 Å². The number of benzene rings is 8. The predicted molar refractivity (Wildman–Crippen MR) is 383 cm³/mol. The molecular weight excluding hydrogens is 1240 g/mol. The Morgan fingerprint density at radius 2 is 1.44 bits per heavy atom. The van der Waals surface area contributed by atoms with Crippen LogP contribution in [0.5, 0.6) is 11.5 Å². The second kappa shape index (κ2) is 30.7. The third kappa shape index (κ3) is 16.5. The van der Waals surface area contributed by atoms with Gasteiger partial charge in [0, 0.05) is 69.5 Å². The minimum Gasteiger partial charge on any atom is -0.507 e. The molecule has 1 atom stereocenters. The number of hydrogen-bond donors (Lipinski definition) is 4. The summed E-state index contributed by atoms with van der Waals surface area (Å²) >= 11 is 9.51. The van der Waals surface area contributed by atoms with Crippen LogP contribution in [0.25, 0.3) is 27.0 Å². The van der Waals surface area contributed by atoms with Gasteiger partial charge in [-0.1, -0.05) is 116 Å². The van der Waals surface area contributed by atoms with Gasteiger partial charge in [0.05, 0.1) is 44.5 Å². The van der Waals surface area contributed by atoms with Gasteiger partial charge >= 0.3 is 0 Å². The van der Waals surface area contributed by atoms with E-state index in [4.69, 9.17) is 26.1 Å². The van der Waals surface area contributed by atoms with Crippen molar-refractivity contribution in [3.8, 4) is 22.8 Å². The standard InChI is InChI=1S/C19H18ClFN2S.C18H15NO3.C17H16N4.C14H16O2.C9H9NS/c1-4-23-18(14-5-7-15(21)8-6-14)11-24-19(23)22-17-10-12(2)16(20)9-13(17)3;20-16-12-17-18(21,15-9-5-4-8-14(15)16)22-11-10-19(17)13-6-2-1-3-7-13;1-13-12-16(19-14-8-4-2-5-9-14)21-17(18-13)20-15-10-6-3-7-11-15;1-4-5-11-7-12(15)14-9(2)6-10(3)16-13(14)8-11;1-6-3-4-8-9(5-6)11-7(2)10-8/h5-11H,4H2,1-3H3;1-9,12,21H,10-11H2;2-12H,1H3,(H2,18,19,20,21);6-8,15H,3-5H2,1-2H3;3-5H,1-2H3. The number of aliphatic hydroxyl groups is 1. The molecule has 0 spiro atoms. The van der Waals surface area contributed by atoms with Crippen LogP contribution in [-0.2, 0) is 23.5 Å². The molecule has 4 N–H and O–H groups in total. The number of para-hydroxylation sites is 3. The lowest BCUT2D eigenvalue weighted by atomic mass is 9.87. The molecule has 1 unspecified atom stereocenters. The summed E-state index contributed by atoms with van der Waals surface area (Å²) in [6, 6.07) is 59.2. The molecule has 478 valence electrons. The molecule has 3 aromatic heterocycles. The van der Waals surface area contributed by atoms with E-state index in [0.717, 1.165) is 113 Å². The first-order chi connectivity index (χ1) is 45.3. The lowest BCUT2D eigenvalue weighted by Gasteiger charge is -2.44. The van der Waals surface area contributed by atoms with Gasteiger partial charge in [0.1, 0.15) is 28.9 Å². The van der Waals surface area contributed by atoms with E-state index >= 15 is 0 Å². The first-order valence-corrected chi connectivity index (χ1v) is 33.0. The van der Waals surface area contributed by atoms with Gasteiger partial charge in [-0.15, -0.1) is 22.7 Å². The molecule has 5 heterocycles. The highest BCUT2D eigenvalue weighted by Crippen LogP contribution is 2.43. The number of phenols is 1. The molecule has 3 aliphatic rings. The van der Waals surface area contributed by atoms with Gasteiger partial charge in [0.15, 0.2) is 10.6 Å². The number of allylic oxidation sites excluding steroid dienone is 3. The number of ketones is 1. The SMILES string of the molecule is C=C1C=C(C)c2c(O)cc(CCC)cc2O1.CCn1c(-c2ccc(F)cc2)csc1=Nc1cc(C)c(Cl)cc1C.Cc1cc(Nc2ccccc2)nc(Nc2ccccc2)n1.Cc1ccc2nc(C)sc2c1.O=C1C=C2N(c3ccccc3)CCOC2(O)c2ccccc21. The Morgan fingerprint density at radius 1 is 0.755 bits per heavy atom.